The summed E-state index contributed by atoms with van der Waals surface area (Å²) in [6.45, 7) is 3.90. The highest BCUT2D eigenvalue weighted by Crippen LogP contribution is 2.21. The van der Waals surface area contributed by atoms with Crippen molar-refractivity contribution in [1.29, 1.82) is 0 Å². The maximum absolute atomic E-state index is 12.9. The van der Waals surface area contributed by atoms with E-state index in [9.17, 15) is 14.0 Å². The van der Waals surface area contributed by atoms with E-state index in [1.165, 1.54) is 24.3 Å². The Balaban J connectivity index is 1.62. The van der Waals surface area contributed by atoms with Gasteiger partial charge in [-0.2, -0.15) is 0 Å². The van der Waals surface area contributed by atoms with Gasteiger partial charge in [-0.25, -0.2) is 14.2 Å². The summed E-state index contributed by atoms with van der Waals surface area (Å²) in [4.78, 5) is 28.5. The number of hydrogen-bond acceptors (Lipinski definition) is 4. The third kappa shape index (κ3) is 4.68. The van der Waals surface area contributed by atoms with Gasteiger partial charge in [0.2, 0.25) is 0 Å². The molecule has 138 valence electrons. The predicted molar refractivity (Wildman–Crippen MR) is 105 cm³/mol. The molecule has 0 radical (unpaired) electrons. The van der Waals surface area contributed by atoms with Crippen molar-refractivity contribution < 1.29 is 14.0 Å². The summed E-state index contributed by atoms with van der Waals surface area (Å²) < 4.78 is 12.9. The van der Waals surface area contributed by atoms with E-state index in [1.807, 2.05) is 32.0 Å². The molecule has 8 heteroatoms. The summed E-state index contributed by atoms with van der Waals surface area (Å²) in [5, 5.41) is 9.77. The molecule has 3 amide bonds. The van der Waals surface area contributed by atoms with E-state index in [0.717, 1.165) is 28.2 Å². The highest BCUT2D eigenvalue weighted by Gasteiger charge is 2.14. The summed E-state index contributed by atoms with van der Waals surface area (Å²) >= 11 is 1.13. The van der Waals surface area contributed by atoms with Gasteiger partial charge in [-0.05, 0) is 55.3 Å². The molecule has 0 aliphatic rings. The number of carbonyl (C=O) groups is 2. The van der Waals surface area contributed by atoms with Gasteiger partial charge in [0.05, 0.1) is 0 Å². The molecule has 0 saturated heterocycles. The highest BCUT2D eigenvalue weighted by molar-refractivity contribution is 7.14. The lowest BCUT2D eigenvalue weighted by molar-refractivity contribution is 0.102. The zero-order valence-electron chi connectivity index (χ0n) is 14.7. The zero-order chi connectivity index (χ0) is 19.4. The second-order valence-electron chi connectivity index (χ2n) is 5.83. The third-order valence-electron chi connectivity index (χ3n) is 3.91. The van der Waals surface area contributed by atoms with Crippen molar-refractivity contribution in [1.82, 2.24) is 4.98 Å². The summed E-state index contributed by atoms with van der Waals surface area (Å²) in [7, 11) is 0. The van der Waals surface area contributed by atoms with Crippen LogP contribution < -0.4 is 16.0 Å². The smallest absolute Gasteiger partial charge is 0.320 e. The minimum Gasteiger partial charge on any atom is -0.320 e. The predicted octanol–water partition coefficient (Wildman–Crippen LogP) is 4.80. The van der Waals surface area contributed by atoms with Crippen LogP contribution in [0.5, 0.6) is 0 Å². The van der Waals surface area contributed by atoms with Gasteiger partial charge in [0.1, 0.15) is 11.5 Å². The standard InChI is InChI=1S/C19H17FN4O2S/c1-11-4-3-5-15(12(11)2)22-17(25)16-10-27-19(23-16)24-18(26)21-14-8-6-13(20)7-9-14/h3-10H,1-2H3,(H,22,25)(H2,21,23,24,26). The van der Waals surface area contributed by atoms with E-state index in [4.69, 9.17) is 0 Å². The van der Waals surface area contributed by atoms with Crippen LogP contribution in [-0.2, 0) is 0 Å². The fourth-order valence-corrected chi connectivity index (χ4v) is 2.99. The number of urea groups is 1. The maximum atomic E-state index is 12.9. The number of hydrogen-bond donors (Lipinski definition) is 3. The molecule has 0 aliphatic heterocycles. The highest BCUT2D eigenvalue weighted by atomic mass is 32.1. The van der Waals surface area contributed by atoms with Gasteiger partial charge in [0.15, 0.2) is 5.13 Å². The quantitative estimate of drug-likeness (QED) is 0.604. The average molecular weight is 384 g/mol. The number of aryl methyl sites for hydroxylation is 1. The molecule has 0 spiro atoms. The van der Waals surface area contributed by atoms with E-state index < -0.39 is 6.03 Å². The van der Waals surface area contributed by atoms with Crippen molar-refractivity contribution in [2.24, 2.45) is 0 Å². The number of carbonyl (C=O) groups excluding carboxylic acids is 2. The lowest BCUT2D eigenvalue weighted by Gasteiger charge is -2.09. The van der Waals surface area contributed by atoms with Crippen molar-refractivity contribution in [3.8, 4) is 0 Å². The van der Waals surface area contributed by atoms with Crippen LogP contribution >= 0.6 is 11.3 Å². The van der Waals surface area contributed by atoms with E-state index >= 15 is 0 Å². The van der Waals surface area contributed by atoms with Crippen molar-refractivity contribution in [3.05, 3.63) is 70.5 Å². The molecule has 27 heavy (non-hydrogen) atoms. The number of aromatic nitrogens is 1. The molecule has 0 aliphatic carbocycles. The topological polar surface area (TPSA) is 83.1 Å². The molecule has 3 rings (SSSR count). The number of halogens is 1. The summed E-state index contributed by atoms with van der Waals surface area (Å²) in [6, 6.07) is 10.5. The van der Waals surface area contributed by atoms with Crippen LogP contribution in [0.15, 0.2) is 47.8 Å². The van der Waals surface area contributed by atoms with E-state index in [2.05, 4.69) is 20.9 Å². The minimum atomic E-state index is -0.530. The van der Waals surface area contributed by atoms with Gasteiger partial charge in [-0.1, -0.05) is 12.1 Å². The number of nitrogens with one attached hydrogen (secondary N) is 3. The number of benzene rings is 2. The Morgan fingerprint density at radius 3 is 2.48 bits per heavy atom. The van der Waals surface area contributed by atoms with Crippen molar-refractivity contribution in [2.45, 2.75) is 13.8 Å². The third-order valence-corrected chi connectivity index (χ3v) is 4.67. The van der Waals surface area contributed by atoms with Crippen LogP contribution in [0.1, 0.15) is 21.6 Å². The first-order valence-corrected chi connectivity index (χ1v) is 8.97. The first-order chi connectivity index (χ1) is 12.9. The Hall–Kier alpha value is -3.26. The second-order valence-corrected chi connectivity index (χ2v) is 6.68. The molecule has 0 atom stereocenters. The largest absolute Gasteiger partial charge is 0.325 e. The Morgan fingerprint density at radius 2 is 1.74 bits per heavy atom. The number of rotatable bonds is 4. The fraction of sp³-hybridized carbons (Fsp3) is 0.105. The van der Waals surface area contributed by atoms with E-state index in [0.29, 0.717) is 5.69 Å². The SMILES string of the molecule is Cc1cccc(NC(=O)c2csc(NC(=O)Nc3ccc(F)cc3)n2)c1C. The van der Waals surface area contributed by atoms with Crippen molar-refractivity contribution in [3.63, 3.8) is 0 Å². The molecule has 3 aromatic rings. The van der Waals surface area contributed by atoms with Gasteiger partial charge < -0.3 is 10.6 Å². The number of amides is 3. The fourth-order valence-electron chi connectivity index (χ4n) is 2.30. The maximum Gasteiger partial charge on any atom is 0.325 e. The van der Waals surface area contributed by atoms with Gasteiger partial charge >= 0.3 is 6.03 Å². The molecule has 6 nitrogen and oxygen atoms in total. The summed E-state index contributed by atoms with van der Waals surface area (Å²) in [5.74, 6) is -0.743. The summed E-state index contributed by atoms with van der Waals surface area (Å²) in [6.07, 6.45) is 0. The average Bonchev–Trinajstić information content (AvgIpc) is 3.09. The van der Waals surface area contributed by atoms with Crippen LogP contribution in [0.4, 0.5) is 25.7 Å². The Morgan fingerprint density at radius 1 is 1.00 bits per heavy atom. The Kier molecular flexibility index (Phi) is 5.46. The molecule has 2 aromatic carbocycles. The Bertz CT molecular complexity index is 986. The normalized spacial score (nSPS) is 10.3. The number of nitrogens with zero attached hydrogens (tertiary/aromatic N) is 1. The van der Waals surface area contributed by atoms with E-state index in [-0.39, 0.29) is 22.5 Å². The van der Waals surface area contributed by atoms with Gasteiger partial charge in [0, 0.05) is 16.8 Å². The zero-order valence-corrected chi connectivity index (χ0v) is 15.5. The molecule has 0 bridgehead atoms. The molecule has 1 aromatic heterocycles. The molecule has 1 heterocycles. The monoisotopic (exact) mass is 384 g/mol. The molecule has 3 N–H and O–H groups in total. The molecule has 0 saturated carbocycles. The number of thiazole rings is 1. The van der Waals surface area contributed by atoms with Crippen molar-refractivity contribution >= 4 is 39.8 Å². The van der Waals surface area contributed by atoms with Crippen LogP contribution in [0, 0.1) is 19.7 Å². The van der Waals surface area contributed by atoms with Gasteiger partial charge in [0.25, 0.3) is 5.91 Å². The lowest BCUT2D eigenvalue weighted by atomic mass is 10.1. The second kappa shape index (κ2) is 7.96. The van der Waals surface area contributed by atoms with Crippen LogP contribution in [0.3, 0.4) is 0 Å². The van der Waals surface area contributed by atoms with Crippen LogP contribution in [0.2, 0.25) is 0 Å². The molecular formula is C19H17FN4O2S. The molecular weight excluding hydrogens is 367 g/mol. The summed E-state index contributed by atoms with van der Waals surface area (Å²) in [5.41, 5.74) is 3.43. The first kappa shape index (κ1) is 18.5. The van der Waals surface area contributed by atoms with Crippen LogP contribution in [0.25, 0.3) is 0 Å². The Labute approximate surface area is 159 Å². The first-order valence-electron chi connectivity index (χ1n) is 8.09. The molecule has 0 unspecified atom stereocenters. The van der Waals surface area contributed by atoms with Gasteiger partial charge in [-0.15, -0.1) is 11.3 Å². The van der Waals surface area contributed by atoms with Gasteiger partial charge in [-0.3, -0.25) is 10.1 Å². The number of anilines is 3. The molecule has 0 fully saturated rings. The van der Waals surface area contributed by atoms with Crippen LogP contribution in [-0.4, -0.2) is 16.9 Å². The van der Waals surface area contributed by atoms with Crippen molar-refractivity contribution in [2.75, 3.05) is 16.0 Å². The lowest BCUT2D eigenvalue weighted by Crippen LogP contribution is -2.19. The van der Waals surface area contributed by atoms with E-state index in [1.54, 1.807) is 5.38 Å². The minimum absolute atomic E-state index is 0.206.